The molecule has 9 heteroatoms. The number of amides is 1. The first-order chi connectivity index (χ1) is 13.1. The molecule has 150 valence electrons. The van der Waals surface area contributed by atoms with E-state index < -0.39 is 29.7 Å². The fourth-order valence-corrected chi connectivity index (χ4v) is 2.33. The van der Waals surface area contributed by atoms with Crippen LogP contribution in [-0.4, -0.2) is 24.6 Å². The number of rotatable bonds is 6. The normalized spacial score (nSPS) is 12.2. The highest BCUT2D eigenvalue weighted by atomic mass is 35.5. The first-order valence-electron chi connectivity index (χ1n) is 8.23. The van der Waals surface area contributed by atoms with E-state index in [9.17, 15) is 22.8 Å². The zero-order chi connectivity index (χ0) is 20.9. The molecule has 0 aromatic heterocycles. The number of carbonyl (C=O) groups excluding carboxylic acids is 2. The van der Waals surface area contributed by atoms with Crippen molar-refractivity contribution in [3.63, 3.8) is 0 Å². The number of halogens is 4. The minimum Gasteiger partial charge on any atom is -0.494 e. The molecule has 0 aliphatic rings. The van der Waals surface area contributed by atoms with Crippen LogP contribution in [0, 0.1) is 0 Å². The Morgan fingerprint density at radius 1 is 1.14 bits per heavy atom. The van der Waals surface area contributed by atoms with Gasteiger partial charge in [0.25, 0.3) is 5.91 Å². The Labute approximate surface area is 164 Å². The van der Waals surface area contributed by atoms with Crippen LogP contribution >= 0.6 is 11.6 Å². The molecule has 0 saturated carbocycles. The third kappa shape index (κ3) is 5.63. The molecule has 2 aromatic rings. The molecular formula is C19H17ClF3NO4. The standard InChI is InChI=1S/C19H17ClF3NO4/c1-3-27-14-7-4-12(5-8-14)18(26)28-11(2)17(25)24-16-10-13(19(21,22)23)6-9-15(16)20/h4-11H,3H2,1-2H3,(H,24,25)/t11-/m1/s1. The van der Waals surface area contributed by atoms with Crippen molar-refractivity contribution in [2.24, 2.45) is 0 Å². The van der Waals surface area contributed by atoms with Crippen LogP contribution in [-0.2, 0) is 15.7 Å². The van der Waals surface area contributed by atoms with E-state index in [1.807, 2.05) is 6.92 Å². The van der Waals surface area contributed by atoms with Gasteiger partial charge in [0.15, 0.2) is 6.10 Å². The van der Waals surface area contributed by atoms with Gasteiger partial charge in [-0.1, -0.05) is 11.6 Å². The first-order valence-corrected chi connectivity index (χ1v) is 8.61. The van der Waals surface area contributed by atoms with Crippen molar-refractivity contribution in [2.45, 2.75) is 26.1 Å². The maximum atomic E-state index is 12.8. The van der Waals surface area contributed by atoms with Gasteiger partial charge in [-0.3, -0.25) is 4.79 Å². The highest BCUT2D eigenvalue weighted by Crippen LogP contribution is 2.33. The summed E-state index contributed by atoms with van der Waals surface area (Å²) in [6, 6.07) is 8.63. The number of nitrogens with one attached hydrogen (secondary N) is 1. The van der Waals surface area contributed by atoms with Crippen molar-refractivity contribution in [1.29, 1.82) is 0 Å². The Morgan fingerprint density at radius 3 is 2.36 bits per heavy atom. The molecule has 0 spiro atoms. The molecule has 0 aliphatic heterocycles. The molecule has 1 amide bonds. The van der Waals surface area contributed by atoms with Gasteiger partial charge in [-0.25, -0.2) is 4.79 Å². The fourth-order valence-electron chi connectivity index (χ4n) is 2.17. The number of hydrogen-bond donors (Lipinski definition) is 1. The maximum Gasteiger partial charge on any atom is 0.416 e. The summed E-state index contributed by atoms with van der Waals surface area (Å²) >= 11 is 5.84. The zero-order valence-electron chi connectivity index (χ0n) is 15.0. The van der Waals surface area contributed by atoms with Crippen LogP contribution in [0.25, 0.3) is 0 Å². The molecular weight excluding hydrogens is 399 g/mol. The van der Waals surface area contributed by atoms with Gasteiger partial charge in [0.2, 0.25) is 0 Å². The summed E-state index contributed by atoms with van der Waals surface area (Å²) in [6.07, 6.45) is -5.85. The predicted octanol–water partition coefficient (Wildman–Crippen LogP) is 4.94. The van der Waals surface area contributed by atoms with E-state index in [-0.39, 0.29) is 16.3 Å². The highest BCUT2D eigenvalue weighted by Gasteiger charge is 2.31. The van der Waals surface area contributed by atoms with E-state index in [0.717, 1.165) is 12.1 Å². The number of carbonyl (C=O) groups is 2. The number of alkyl halides is 3. The minimum absolute atomic E-state index is 0.0774. The lowest BCUT2D eigenvalue weighted by molar-refractivity contribution is -0.137. The van der Waals surface area contributed by atoms with Crippen LogP contribution in [0.15, 0.2) is 42.5 Å². The summed E-state index contributed by atoms with van der Waals surface area (Å²) in [5.74, 6) is -1.01. The van der Waals surface area contributed by atoms with Gasteiger partial charge in [0.05, 0.1) is 28.4 Å². The summed E-state index contributed by atoms with van der Waals surface area (Å²) < 4.78 is 48.7. The third-order valence-electron chi connectivity index (χ3n) is 3.61. The quantitative estimate of drug-likeness (QED) is 0.678. The van der Waals surface area contributed by atoms with Crippen molar-refractivity contribution in [1.82, 2.24) is 0 Å². The Balaban J connectivity index is 2.03. The molecule has 0 saturated heterocycles. The summed E-state index contributed by atoms with van der Waals surface area (Å²) in [6.45, 7) is 3.58. The van der Waals surface area contributed by atoms with Crippen LogP contribution < -0.4 is 10.1 Å². The molecule has 1 atom stereocenters. The van der Waals surface area contributed by atoms with Gasteiger partial charge in [-0.05, 0) is 56.3 Å². The molecule has 2 aromatic carbocycles. The van der Waals surface area contributed by atoms with E-state index in [0.29, 0.717) is 18.4 Å². The highest BCUT2D eigenvalue weighted by molar-refractivity contribution is 6.33. The number of hydrogen-bond acceptors (Lipinski definition) is 4. The molecule has 2 rings (SSSR count). The molecule has 28 heavy (non-hydrogen) atoms. The van der Waals surface area contributed by atoms with Crippen LogP contribution in [0.5, 0.6) is 5.75 Å². The maximum absolute atomic E-state index is 12.8. The molecule has 0 heterocycles. The second-order valence-electron chi connectivity index (χ2n) is 5.69. The van der Waals surface area contributed by atoms with Crippen molar-refractivity contribution in [2.75, 3.05) is 11.9 Å². The van der Waals surface area contributed by atoms with E-state index in [2.05, 4.69) is 5.32 Å². The lowest BCUT2D eigenvalue weighted by Gasteiger charge is -2.15. The van der Waals surface area contributed by atoms with Crippen LogP contribution in [0.4, 0.5) is 18.9 Å². The van der Waals surface area contributed by atoms with E-state index in [1.54, 1.807) is 12.1 Å². The largest absolute Gasteiger partial charge is 0.494 e. The lowest BCUT2D eigenvalue weighted by Crippen LogP contribution is -2.30. The van der Waals surface area contributed by atoms with Crippen LogP contribution in [0.3, 0.4) is 0 Å². The Bertz CT molecular complexity index is 853. The summed E-state index contributed by atoms with van der Waals surface area (Å²) in [4.78, 5) is 24.3. The van der Waals surface area contributed by atoms with Crippen molar-refractivity contribution in [3.05, 3.63) is 58.6 Å². The summed E-state index contributed by atoms with van der Waals surface area (Å²) in [5.41, 5.74) is -1.00. The van der Waals surface area contributed by atoms with Gasteiger partial charge in [-0.15, -0.1) is 0 Å². The number of ether oxygens (including phenoxy) is 2. The average molecular weight is 416 g/mol. The predicted molar refractivity (Wildman–Crippen MR) is 97.6 cm³/mol. The number of benzene rings is 2. The van der Waals surface area contributed by atoms with Gasteiger partial charge in [0.1, 0.15) is 5.75 Å². The molecule has 0 bridgehead atoms. The van der Waals surface area contributed by atoms with Crippen LogP contribution in [0.1, 0.15) is 29.8 Å². The van der Waals surface area contributed by atoms with Gasteiger partial charge in [-0.2, -0.15) is 13.2 Å². The van der Waals surface area contributed by atoms with E-state index in [4.69, 9.17) is 21.1 Å². The Hall–Kier alpha value is -2.74. The molecule has 0 radical (unpaired) electrons. The molecule has 5 nitrogen and oxygen atoms in total. The van der Waals surface area contributed by atoms with Crippen molar-refractivity contribution < 1.29 is 32.2 Å². The Morgan fingerprint density at radius 2 is 1.79 bits per heavy atom. The zero-order valence-corrected chi connectivity index (χ0v) is 15.7. The summed E-state index contributed by atoms with van der Waals surface area (Å²) in [7, 11) is 0. The molecule has 0 fully saturated rings. The molecule has 1 N–H and O–H groups in total. The van der Waals surface area contributed by atoms with E-state index in [1.165, 1.54) is 19.1 Å². The fraction of sp³-hybridized carbons (Fsp3) is 0.263. The lowest BCUT2D eigenvalue weighted by atomic mass is 10.2. The molecule has 0 aliphatic carbocycles. The van der Waals surface area contributed by atoms with Crippen molar-refractivity contribution >= 4 is 29.2 Å². The van der Waals surface area contributed by atoms with Crippen molar-refractivity contribution in [3.8, 4) is 5.75 Å². The Kier molecular flexibility index (Phi) is 6.90. The second-order valence-corrected chi connectivity index (χ2v) is 6.09. The number of esters is 1. The first kappa shape index (κ1) is 21.6. The monoisotopic (exact) mass is 415 g/mol. The topological polar surface area (TPSA) is 64.6 Å². The average Bonchev–Trinajstić information content (AvgIpc) is 2.63. The second kappa shape index (κ2) is 8.97. The van der Waals surface area contributed by atoms with Gasteiger partial charge in [0, 0.05) is 0 Å². The summed E-state index contributed by atoms with van der Waals surface area (Å²) in [5, 5.41) is 2.16. The smallest absolute Gasteiger partial charge is 0.416 e. The van der Waals surface area contributed by atoms with Gasteiger partial charge < -0.3 is 14.8 Å². The van der Waals surface area contributed by atoms with E-state index >= 15 is 0 Å². The SMILES string of the molecule is CCOc1ccc(C(=O)O[C@H](C)C(=O)Nc2cc(C(F)(F)F)ccc2Cl)cc1. The van der Waals surface area contributed by atoms with Gasteiger partial charge >= 0.3 is 12.1 Å². The minimum atomic E-state index is -4.59. The van der Waals surface area contributed by atoms with Crippen LogP contribution in [0.2, 0.25) is 5.02 Å². The number of anilines is 1. The third-order valence-corrected chi connectivity index (χ3v) is 3.94. The molecule has 0 unspecified atom stereocenters.